The molecule has 0 bridgehead atoms. The zero-order valence-electron chi connectivity index (χ0n) is 12.5. The fourth-order valence-electron chi connectivity index (χ4n) is 3.23. The highest BCUT2D eigenvalue weighted by Crippen LogP contribution is 2.35. The van der Waals surface area contributed by atoms with Gasteiger partial charge in [-0.15, -0.1) is 0 Å². The van der Waals surface area contributed by atoms with Crippen LogP contribution in [0.25, 0.3) is 0 Å². The average Bonchev–Trinajstić information content (AvgIpc) is 2.53. The first-order valence-electron chi connectivity index (χ1n) is 7.75. The van der Waals surface area contributed by atoms with Crippen LogP contribution in [0.1, 0.15) is 19.8 Å². The van der Waals surface area contributed by atoms with Crippen LogP contribution in [-0.4, -0.2) is 43.6 Å². The number of rotatable bonds is 3. The largest absolute Gasteiger partial charge is 0.486 e. The van der Waals surface area contributed by atoms with Crippen molar-refractivity contribution in [1.29, 1.82) is 0 Å². The standard InChI is InChI=1S/C16H24N2O3/c1-2-14(19)11-7-12(17)10-18(9-11)13-3-4-15-16(8-13)21-6-5-20-15/h3-4,8,11-12,14,19H,2,5-7,9-10,17H2,1H3. The Labute approximate surface area is 125 Å². The van der Waals surface area contributed by atoms with Crippen molar-refractivity contribution < 1.29 is 14.6 Å². The van der Waals surface area contributed by atoms with Crippen LogP contribution in [0.2, 0.25) is 0 Å². The van der Waals surface area contributed by atoms with Gasteiger partial charge in [0.25, 0.3) is 0 Å². The van der Waals surface area contributed by atoms with E-state index >= 15 is 0 Å². The van der Waals surface area contributed by atoms with Gasteiger partial charge < -0.3 is 25.2 Å². The van der Waals surface area contributed by atoms with Crippen LogP contribution in [0.15, 0.2) is 18.2 Å². The van der Waals surface area contributed by atoms with Gasteiger partial charge in [0.1, 0.15) is 13.2 Å². The van der Waals surface area contributed by atoms with Crippen molar-refractivity contribution in [2.75, 3.05) is 31.2 Å². The first-order chi connectivity index (χ1) is 10.2. The molecule has 3 unspecified atom stereocenters. The molecule has 0 amide bonds. The number of anilines is 1. The maximum Gasteiger partial charge on any atom is 0.163 e. The molecule has 5 nitrogen and oxygen atoms in total. The predicted octanol–water partition coefficient (Wildman–Crippen LogP) is 1.38. The Bertz CT molecular complexity index is 494. The Morgan fingerprint density at radius 2 is 2.05 bits per heavy atom. The number of benzene rings is 1. The maximum atomic E-state index is 10.1. The summed E-state index contributed by atoms with van der Waals surface area (Å²) in [6.07, 6.45) is 1.37. The van der Waals surface area contributed by atoms with E-state index in [0.29, 0.717) is 13.2 Å². The minimum Gasteiger partial charge on any atom is -0.486 e. The number of ether oxygens (including phenoxy) is 2. The summed E-state index contributed by atoms with van der Waals surface area (Å²) in [6.45, 7) is 4.85. The van der Waals surface area contributed by atoms with Gasteiger partial charge in [-0.3, -0.25) is 0 Å². The van der Waals surface area contributed by atoms with E-state index < -0.39 is 0 Å². The van der Waals surface area contributed by atoms with Gasteiger partial charge >= 0.3 is 0 Å². The second-order valence-corrected chi connectivity index (χ2v) is 5.96. The third-order valence-corrected chi connectivity index (χ3v) is 4.37. The number of hydrogen-bond acceptors (Lipinski definition) is 5. The lowest BCUT2D eigenvalue weighted by Gasteiger charge is -2.39. The molecule has 0 radical (unpaired) electrons. The molecule has 21 heavy (non-hydrogen) atoms. The lowest BCUT2D eigenvalue weighted by molar-refractivity contribution is 0.0901. The van der Waals surface area contributed by atoms with E-state index in [9.17, 15) is 5.11 Å². The average molecular weight is 292 g/mol. The molecule has 2 aliphatic rings. The zero-order valence-corrected chi connectivity index (χ0v) is 12.5. The minimum absolute atomic E-state index is 0.0955. The Kier molecular flexibility index (Phi) is 4.22. The Balaban J connectivity index is 1.78. The van der Waals surface area contributed by atoms with Gasteiger partial charge in [0.15, 0.2) is 11.5 Å². The van der Waals surface area contributed by atoms with Crippen LogP contribution < -0.4 is 20.1 Å². The lowest BCUT2D eigenvalue weighted by Crippen LogP contribution is -2.50. The van der Waals surface area contributed by atoms with Crippen molar-refractivity contribution in [2.45, 2.75) is 31.9 Å². The van der Waals surface area contributed by atoms with E-state index in [0.717, 1.165) is 43.1 Å². The van der Waals surface area contributed by atoms with E-state index in [4.69, 9.17) is 15.2 Å². The van der Waals surface area contributed by atoms with E-state index in [2.05, 4.69) is 4.90 Å². The molecule has 3 rings (SSSR count). The highest BCUT2D eigenvalue weighted by Gasteiger charge is 2.29. The van der Waals surface area contributed by atoms with E-state index in [1.807, 2.05) is 25.1 Å². The molecule has 116 valence electrons. The minimum atomic E-state index is -0.281. The monoisotopic (exact) mass is 292 g/mol. The third-order valence-electron chi connectivity index (χ3n) is 4.37. The highest BCUT2D eigenvalue weighted by molar-refractivity contribution is 5.57. The molecule has 1 aromatic rings. The first-order valence-corrected chi connectivity index (χ1v) is 7.75. The van der Waals surface area contributed by atoms with E-state index in [1.165, 1.54) is 0 Å². The van der Waals surface area contributed by atoms with Crippen molar-refractivity contribution in [2.24, 2.45) is 11.7 Å². The summed E-state index contributed by atoms with van der Waals surface area (Å²) in [5, 5.41) is 10.1. The number of piperidine rings is 1. The molecule has 3 N–H and O–H groups in total. The molecule has 0 saturated carbocycles. The number of nitrogens with two attached hydrogens (primary N) is 1. The molecule has 2 aliphatic heterocycles. The third kappa shape index (κ3) is 3.09. The second-order valence-electron chi connectivity index (χ2n) is 5.96. The smallest absolute Gasteiger partial charge is 0.163 e. The fraction of sp³-hybridized carbons (Fsp3) is 0.625. The Hall–Kier alpha value is -1.46. The zero-order chi connectivity index (χ0) is 14.8. The van der Waals surface area contributed by atoms with Crippen LogP contribution in [0.5, 0.6) is 11.5 Å². The predicted molar refractivity (Wildman–Crippen MR) is 82.0 cm³/mol. The van der Waals surface area contributed by atoms with Gasteiger partial charge in [-0.05, 0) is 25.0 Å². The molecule has 5 heteroatoms. The van der Waals surface area contributed by atoms with Gasteiger partial charge in [0, 0.05) is 36.8 Å². The summed E-state index contributed by atoms with van der Waals surface area (Å²) in [6, 6.07) is 6.11. The second kappa shape index (κ2) is 6.12. The van der Waals surface area contributed by atoms with Crippen molar-refractivity contribution >= 4 is 5.69 Å². The number of aliphatic hydroxyl groups is 1. The van der Waals surface area contributed by atoms with Crippen LogP contribution in [0.3, 0.4) is 0 Å². The molecular weight excluding hydrogens is 268 g/mol. The number of aliphatic hydroxyl groups excluding tert-OH is 1. The Morgan fingerprint density at radius 3 is 2.81 bits per heavy atom. The van der Waals surface area contributed by atoms with Crippen LogP contribution >= 0.6 is 0 Å². The summed E-state index contributed by atoms with van der Waals surface area (Å²) < 4.78 is 11.2. The number of nitrogens with zero attached hydrogens (tertiary/aromatic N) is 1. The summed E-state index contributed by atoms with van der Waals surface area (Å²) >= 11 is 0. The van der Waals surface area contributed by atoms with Gasteiger partial charge in [0.2, 0.25) is 0 Å². The van der Waals surface area contributed by atoms with Gasteiger partial charge in [-0.1, -0.05) is 6.92 Å². The number of fused-ring (bicyclic) bond motifs is 1. The Morgan fingerprint density at radius 1 is 1.29 bits per heavy atom. The summed E-state index contributed by atoms with van der Waals surface area (Å²) in [5.41, 5.74) is 7.26. The SMILES string of the molecule is CCC(O)C1CC(N)CN(c2ccc3c(c2)OCCO3)C1. The number of hydrogen-bond donors (Lipinski definition) is 2. The summed E-state index contributed by atoms with van der Waals surface area (Å²) in [5.74, 6) is 1.83. The van der Waals surface area contributed by atoms with Gasteiger partial charge in [-0.2, -0.15) is 0 Å². The lowest BCUT2D eigenvalue weighted by atomic mass is 9.88. The topological polar surface area (TPSA) is 68.0 Å². The van der Waals surface area contributed by atoms with E-state index in [-0.39, 0.29) is 18.1 Å². The maximum absolute atomic E-state index is 10.1. The van der Waals surface area contributed by atoms with Crippen LogP contribution in [0.4, 0.5) is 5.69 Å². The first kappa shape index (κ1) is 14.5. The molecule has 1 aromatic carbocycles. The molecule has 0 spiro atoms. The van der Waals surface area contributed by atoms with E-state index in [1.54, 1.807) is 0 Å². The quantitative estimate of drug-likeness (QED) is 0.881. The fourth-order valence-corrected chi connectivity index (χ4v) is 3.23. The molecule has 3 atom stereocenters. The van der Waals surface area contributed by atoms with Gasteiger partial charge in [-0.25, -0.2) is 0 Å². The van der Waals surface area contributed by atoms with Crippen molar-refractivity contribution in [3.8, 4) is 11.5 Å². The van der Waals surface area contributed by atoms with Crippen molar-refractivity contribution in [3.05, 3.63) is 18.2 Å². The summed E-state index contributed by atoms with van der Waals surface area (Å²) in [7, 11) is 0. The molecular formula is C16H24N2O3. The molecule has 0 aromatic heterocycles. The molecule has 1 fully saturated rings. The molecule has 2 heterocycles. The van der Waals surface area contributed by atoms with Crippen molar-refractivity contribution in [1.82, 2.24) is 0 Å². The summed E-state index contributed by atoms with van der Waals surface area (Å²) in [4.78, 5) is 2.25. The van der Waals surface area contributed by atoms with Gasteiger partial charge in [0.05, 0.1) is 6.10 Å². The molecule has 1 saturated heterocycles. The van der Waals surface area contributed by atoms with Crippen LogP contribution in [-0.2, 0) is 0 Å². The molecule has 0 aliphatic carbocycles. The highest BCUT2D eigenvalue weighted by atomic mass is 16.6. The normalized spacial score (nSPS) is 26.5. The van der Waals surface area contributed by atoms with Crippen LogP contribution in [0, 0.1) is 5.92 Å². The van der Waals surface area contributed by atoms with Crippen molar-refractivity contribution in [3.63, 3.8) is 0 Å².